The zero-order valence-corrected chi connectivity index (χ0v) is 12.1. The molecule has 102 valence electrons. The largest absolute Gasteiger partial charge is 0.488 e. The van der Waals surface area contributed by atoms with Crippen molar-refractivity contribution in [3.8, 4) is 5.75 Å². The number of nitrogens with two attached hydrogens (primary N) is 1. The van der Waals surface area contributed by atoms with Crippen molar-refractivity contribution in [1.29, 1.82) is 0 Å². The van der Waals surface area contributed by atoms with E-state index in [1.165, 1.54) is 0 Å². The van der Waals surface area contributed by atoms with Gasteiger partial charge in [-0.2, -0.15) is 0 Å². The van der Waals surface area contributed by atoms with E-state index in [2.05, 4.69) is 25.8 Å². The average molecular weight is 258 g/mol. The van der Waals surface area contributed by atoms with Crippen molar-refractivity contribution >= 4 is 10.9 Å². The Morgan fingerprint density at radius 2 is 1.95 bits per heavy atom. The minimum atomic E-state index is -0.0336. The van der Waals surface area contributed by atoms with Crippen molar-refractivity contribution < 1.29 is 4.74 Å². The van der Waals surface area contributed by atoms with Crippen molar-refractivity contribution in [2.24, 2.45) is 11.1 Å². The van der Waals surface area contributed by atoms with E-state index in [1.54, 1.807) is 6.20 Å². The van der Waals surface area contributed by atoms with E-state index in [1.807, 2.05) is 37.3 Å². The Bertz CT molecular complexity index is 558. The van der Waals surface area contributed by atoms with Crippen LogP contribution in [0.4, 0.5) is 0 Å². The molecule has 1 aromatic heterocycles. The number of hydrogen-bond acceptors (Lipinski definition) is 3. The lowest BCUT2D eigenvalue weighted by atomic mass is 9.85. The van der Waals surface area contributed by atoms with Crippen LogP contribution >= 0.6 is 0 Å². The van der Waals surface area contributed by atoms with Gasteiger partial charge in [0.05, 0.1) is 5.52 Å². The molecule has 1 aromatic carbocycles. The number of pyridine rings is 1. The Morgan fingerprint density at radius 1 is 1.21 bits per heavy atom. The lowest BCUT2D eigenvalue weighted by molar-refractivity contribution is 0.0685. The molecule has 0 spiro atoms. The lowest BCUT2D eigenvalue weighted by Gasteiger charge is -2.34. The van der Waals surface area contributed by atoms with Crippen LogP contribution in [-0.4, -0.2) is 17.1 Å². The van der Waals surface area contributed by atoms with Crippen LogP contribution in [0.5, 0.6) is 5.75 Å². The molecule has 0 aliphatic heterocycles. The average Bonchev–Trinajstić information content (AvgIpc) is 2.34. The fourth-order valence-corrected chi connectivity index (χ4v) is 2.34. The van der Waals surface area contributed by atoms with Gasteiger partial charge in [-0.05, 0) is 25.1 Å². The van der Waals surface area contributed by atoms with Crippen molar-refractivity contribution in [2.75, 3.05) is 0 Å². The van der Waals surface area contributed by atoms with Crippen molar-refractivity contribution in [3.05, 3.63) is 36.5 Å². The number of nitrogens with zero attached hydrogens (tertiary/aromatic N) is 1. The van der Waals surface area contributed by atoms with E-state index >= 15 is 0 Å². The van der Waals surface area contributed by atoms with Gasteiger partial charge in [0, 0.05) is 29.1 Å². The molecular weight excluding hydrogens is 236 g/mol. The summed E-state index contributed by atoms with van der Waals surface area (Å²) in [4.78, 5) is 4.34. The lowest BCUT2D eigenvalue weighted by Crippen LogP contribution is -2.45. The van der Waals surface area contributed by atoms with Gasteiger partial charge in [-0.1, -0.05) is 26.8 Å². The molecule has 2 rings (SSSR count). The Balaban J connectivity index is 2.29. The molecule has 2 aromatic rings. The van der Waals surface area contributed by atoms with Gasteiger partial charge in [0.1, 0.15) is 11.9 Å². The standard InChI is InChI=1S/C16H22N2O/c1-11(17)15(16(2,3)4)19-13-8-7-12-6-5-9-18-14(12)10-13/h5-11,15H,17H2,1-4H3. The highest BCUT2D eigenvalue weighted by atomic mass is 16.5. The predicted octanol–water partition coefficient (Wildman–Crippen LogP) is 3.38. The van der Waals surface area contributed by atoms with Gasteiger partial charge in [-0.3, -0.25) is 4.98 Å². The number of aromatic nitrogens is 1. The maximum Gasteiger partial charge on any atom is 0.122 e. The summed E-state index contributed by atoms with van der Waals surface area (Å²) in [6.45, 7) is 8.40. The first-order valence-electron chi connectivity index (χ1n) is 6.65. The molecule has 0 amide bonds. The summed E-state index contributed by atoms with van der Waals surface area (Å²) < 4.78 is 6.08. The smallest absolute Gasteiger partial charge is 0.122 e. The Hall–Kier alpha value is -1.61. The van der Waals surface area contributed by atoms with E-state index in [0.29, 0.717) is 0 Å². The van der Waals surface area contributed by atoms with Crippen LogP contribution in [0.2, 0.25) is 0 Å². The third kappa shape index (κ3) is 3.24. The van der Waals surface area contributed by atoms with Crippen LogP contribution in [0.25, 0.3) is 10.9 Å². The van der Waals surface area contributed by atoms with Gasteiger partial charge in [0.15, 0.2) is 0 Å². The number of rotatable bonds is 3. The monoisotopic (exact) mass is 258 g/mol. The number of ether oxygens (including phenoxy) is 1. The van der Waals surface area contributed by atoms with Crippen LogP contribution in [0.15, 0.2) is 36.5 Å². The van der Waals surface area contributed by atoms with Crippen LogP contribution in [0.3, 0.4) is 0 Å². The Morgan fingerprint density at radius 3 is 2.58 bits per heavy atom. The van der Waals surface area contributed by atoms with Crippen LogP contribution < -0.4 is 10.5 Å². The van der Waals surface area contributed by atoms with Crippen LogP contribution in [0.1, 0.15) is 27.7 Å². The highest BCUT2D eigenvalue weighted by molar-refractivity contribution is 5.79. The second kappa shape index (κ2) is 5.17. The van der Waals surface area contributed by atoms with Crippen molar-refractivity contribution in [1.82, 2.24) is 4.98 Å². The molecule has 3 nitrogen and oxygen atoms in total. The molecule has 0 fully saturated rings. The third-order valence-corrected chi connectivity index (χ3v) is 3.17. The molecule has 19 heavy (non-hydrogen) atoms. The second-order valence-electron chi connectivity index (χ2n) is 6.12. The topological polar surface area (TPSA) is 48.1 Å². The van der Waals surface area contributed by atoms with Crippen LogP contribution in [-0.2, 0) is 0 Å². The summed E-state index contributed by atoms with van der Waals surface area (Å²) >= 11 is 0. The quantitative estimate of drug-likeness (QED) is 0.918. The molecule has 0 saturated heterocycles. The minimum Gasteiger partial charge on any atom is -0.488 e. The van der Waals surface area contributed by atoms with E-state index in [-0.39, 0.29) is 17.6 Å². The molecule has 0 aliphatic carbocycles. The molecule has 0 bridgehead atoms. The van der Waals surface area contributed by atoms with Crippen LogP contribution in [0, 0.1) is 5.41 Å². The highest BCUT2D eigenvalue weighted by Crippen LogP contribution is 2.28. The maximum atomic E-state index is 6.08. The van der Waals surface area contributed by atoms with Gasteiger partial charge >= 0.3 is 0 Å². The highest BCUT2D eigenvalue weighted by Gasteiger charge is 2.29. The number of fused-ring (bicyclic) bond motifs is 1. The molecule has 2 atom stereocenters. The molecule has 0 aliphatic rings. The minimum absolute atomic E-state index is 0.00671. The summed E-state index contributed by atoms with van der Waals surface area (Å²) in [7, 11) is 0. The number of hydrogen-bond donors (Lipinski definition) is 1. The molecular formula is C16H22N2O. The fourth-order valence-electron chi connectivity index (χ4n) is 2.34. The first-order chi connectivity index (χ1) is 8.88. The zero-order valence-electron chi connectivity index (χ0n) is 12.1. The molecule has 1 heterocycles. The van der Waals surface area contributed by atoms with Gasteiger partial charge in [-0.15, -0.1) is 0 Å². The van der Waals surface area contributed by atoms with Gasteiger partial charge in [0.2, 0.25) is 0 Å². The first kappa shape index (κ1) is 13.8. The summed E-state index contributed by atoms with van der Waals surface area (Å²) in [6, 6.07) is 9.92. The Kier molecular flexibility index (Phi) is 3.76. The third-order valence-electron chi connectivity index (χ3n) is 3.17. The normalized spacial score (nSPS) is 15.2. The van der Waals surface area contributed by atoms with Crippen molar-refractivity contribution in [3.63, 3.8) is 0 Å². The molecule has 0 radical (unpaired) electrons. The SMILES string of the molecule is CC(N)C(Oc1ccc2cccnc2c1)C(C)(C)C. The summed E-state index contributed by atoms with van der Waals surface area (Å²) in [5.41, 5.74) is 6.98. The summed E-state index contributed by atoms with van der Waals surface area (Å²) in [6.07, 6.45) is 1.76. The first-order valence-corrected chi connectivity index (χ1v) is 6.65. The molecule has 0 saturated carbocycles. The summed E-state index contributed by atoms with van der Waals surface area (Å²) in [5, 5.41) is 1.11. The molecule has 2 unspecified atom stereocenters. The fraction of sp³-hybridized carbons (Fsp3) is 0.438. The van der Waals surface area contributed by atoms with E-state index in [0.717, 1.165) is 16.7 Å². The maximum absolute atomic E-state index is 6.08. The predicted molar refractivity (Wildman–Crippen MR) is 79.3 cm³/mol. The Labute approximate surface area is 114 Å². The number of benzene rings is 1. The molecule has 2 N–H and O–H groups in total. The van der Waals surface area contributed by atoms with E-state index < -0.39 is 0 Å². The van der Waals surface area contributed by atoms with Gasteiger partial charge in [0.25, 0.3) is 0 Å². The van der Waals surface area contributed by atoms with E-state index in [9.17, 15) is 0 Å². The zero-order chi connectivity index (χ0) is 14.0. The van der Waals surface area contributed by atoms with Gasteiger partial charge < -0.3 is 10.5 Å². The molecule has 3 heteroatoms. The second-order valence-corrected chi connectivity index (χ2v) is 6.12. The summed E-state index contributed by atoms with van der Waals surface area (Å²) in [5.74, 6) is 0.823. The van der Waals surface area contributed by atoms with E-state index in [4.69, 9.17) is 10.5 Å². The van der Waals surface area contributed by atoms with Gasteiger partial charge in [-0.25, -0.2) is 0 Å². The van der Waals surface area contributed by atoms with Crippen molar-refractivity contribution in [2.45, 2.75) is 39.8 Å².